The minimum absolute atomic E-state index is 0.197. The summed E-state index contributed by atoms with van der Waals surface area (Å²) < 4.78 is 0. The smallest absolute Gasteiger partial charge is 0.323 e. The molecule has 0 rings (SSSR count). The van der Waals surface area contributed by atoms with Crippen molar-refractivity contribution < 1.29 is 9.63 Å². The summed E-state index contributed by atoms with van der Waals surface area (Å²) in [4.78, 5) is 15.0. The monoisotopic (exact) mass is 220 g/mol. The highest BCUT2D eigenvalue weighted by molar-refractivity contribution is 6.65. The fraction of sp³-hybridized carbons (Fsp3) is 0.778. The molecule has 1 amide bonds. The number of nitrogens with one attached hydrogen (secondary N) is 1. The molecular formula is C9H17ClN2O2. The van der Waals surface area contributed by atoms with Crippen molar-refractivity contribution in [3.05, 3.63) is 0 Å². The van der Waals surface area contributed by atoms with Gasteiger partial charge >= 0.3 is 6.09 Å². The maximum atomic E-state index is 10.6. The molecule has 0 saturated heterocycles. The minimum Gasteiger partial charge on any atom is -0.323 e. The van der Waals surface area contributed by atoms with Gasteiger partial charge in [0.2, 0.25) is 0 Å². The largest absolute Gasteiger partial charge is 0.433 e. The summed E-state index contributed by atoms with van der Waals surface area (Å²) in [5, 5.41) is 6.04. The van der Waals surface area contributed by atoms with Gasteiger partial charge in [-0.3, -0.25) is 4.84 Å². The molecule has 0 spiro atoms. The molecular weight excluding hydrogens is 204 g/mol. The lowest BCUT2D eigenvalue weighted by Crippen LogP contribution is -2.17. The molecule has 0 aromatic carbocycles. The van der Waals surface area contributed by atoms with Crippen molar-refractivity contribution in [3.63, 3.8) is 0 Å². The highest BCUT2D eigenvalue weighted by Gasteiger charge is 2.11. The van der Waals surface area contributed by atoms with Crippen LogP contribution in [0, 0.1) is 5.41 Å². The Kier molecular flexibility index (Phi) is 5.53. The molecule has 0 unspecified atom stereocenters. The molecule has 82 valence electrons. The SMILES string of the molecule is CNC(=O)ON=C(Cl)CCC(C)(C)C. The molecule has 0 fully saturated rings. The summed E-state index contributed by atoms with van der Waals surface area (Å²) in [6.45, 7) is 6.32. The second-order valence-electron chi connectivity index (χ2n) is 4.16. The van der Waals surface area contributed by atoms with E-state index in [0.29, 0.717) is 11.6 Å². The van der Waals surface area contributed by atoms with Crippen molar-refractivity contribution in [3.8, 4) is 0 Å². The topological polar surface area (TPSA) is 50.7 Å². The van der Waals surface area contributed by atoms with Crippen LogP contribution in [0.1, 0.15) is 33.6 Å². The van der Waals surface area contributed by atoms with E-state index in [2.05, 4.69) is 36.1 Å². The molecule has 5 heteroatoms. The predicted molar refractivity (Wildman–Crippen MR) is 57.5 cm³/mol. The predicted octanol–water partition coefficient (Wildman–Crippen LogP) is 2.72. The number of amides is 1. The number of hydrogen-bond acceptors (Lipinski definition) is 3. The first kappa shape index (κ1) is 13.2. The summed E-state index contributed by atoms with van der Waals surface area (Å²) in [5.41, 5.74) is 0.197. The van der Waals surface area contributed by atoms with Crippen LogP contribution in [0.4, 0.5) is 4.79 Å². The Balaban J connectivity index is 3.84. The minimum atomic E-state index is -0.612. The molecule has 0 saturated carbocycles. The van der Waals surface area contributed by atoms with Gasteiger partial charge in [-0.2, -0.15) is 0 Å². The summed E-state index contributed by atoms with van der Waals surface area (Å²) >= 11 is 5.73. The molecule has 0 bridgehead atoms. The maximum absolute atomic E-state index is 10.6. The number of nitrogens with zero attached hydrogens (tertiary/aromatic N) is 1. The number of rotatable bonds is 3. The summed E-state index contributed by atoms with van der Waals surface area (Å²) in [7, 11) is 1.46. The van der Waals surface area contributed by atoms with Gasteiger partial charge in [0.05, 0.1) is 0 Å². The van der Waals surface area contributed by atoms with Gasteiger partial charge in [0.15, 0.2) is 0 Å². The molecule has 0 atom stereocenters. The van der Waals surface area contributed by atoms with Crippen molar-refractivity contribution in [2.45, 2.75) is 33.6 Å². The zero-order chi connectivity index (χ0) is 11.2. The van der Waals surface area contributed by atoms with Gasteiger partial charge in [-0.15, -0.1) is 0 Å². The second kappa shape index (κ2) is 5.86. The lowest BCUT2D eigenvalue weighted by atomic mass is 9.91. The third-order valence-electron chi connectivity index (χ3n) is 1.51. The first-order valence-electron chi connectivity index (χ1n) is 4.46. The molecule has 0 aliphatic heterocycles. The third kappa shape index (κ3) is 7.86. The Labute approximate surface area is 89.6 Å². The average Bonchev–Trinajstić information content (AvgIpc) is 2.09. The van der Waals surface area contributed by atoms with Crippen LogP contribution in [0.5, 0.6) is 0 Å². The Hall–Kier alpha value is -0.770. The van der Waals surface area contributed by atoms with Crippen LogP contribution in [-0.4, -0.2) is 18.3 Å². The second-order valence-corrected chi connectivity index (χ2v) is 4.59. The van der Waals surface area contributed by atoms with Crippen LogP contribution < -0.4 is 5.32 Å². The van der Waals surface area contributed by atoms with Gasteiger partial charge in [0.1, 0.15) is 5.17 Å². The highest BCUT2D eigenvalue weighted by Crippen LogP contribution is 2.21. The summed E-state index contributed by atoms with van der Waals surface area (Å²) in [6, 6.07) is 0. The maximum Gasteiger partial charge on any atom is 0.433 e. The van der Waals surface area contributed by atoms with Crippen LogP contribution in [0.3, 0.4) is 0 Å². The molecule has 0 aliphatic carbocycles. The Bertz CT molecular complexity index is 221. The highest BCUT2D eigenvalue weighted by atomic mass is 35.5. The van der Waals surface area contributed by atoms with E-state index in [1.807, 2.05) is 0 Å². The van der Waals surface area contributed by atoms with Gasteiger partial charge in [-0.1, -0.05) is 37.5 Å². The standard InChI is InChI=1S/C9H17ClN2O2/c1-9(2,3)6-5-7(10)12-14-8(13)11-4/h5-6H2,1-4H3,(H,11,13). The van der Waals surface area contributed by atoms with Gasteiger partial charge in [-0.25, -0.2) is 4.79 Å². The Morgan fingerprint density at radius 2 is 2.07 bits per heavy atom. The zero-order valence-electron chi connectivity index (χ0n) is 9.06. The van der Waals surface area contributed by atoms with Crippen LogP contribution >= 0.6 is 11.6 Å². The van der Waals surface area contributed by atoms with Gasteiger partial charge in [0, 0.05) is 13.5 Å². The van der Waals surface area contributed by atoms with Crippen molar-refractivity contribution in [1.29, 1.82) is 0 Å². The van der Waals surface area contributed by atoms with E-state index in [-0.39, 0.29) is 5.41 Å². The average molecular weight is 221 g/mol. The fourth-order valence-electron chi connectivity index (χ4n) is 0.660. The normalized spacial score (nSPS) is 12.5. The Morgan fingerprint density at radius 3 is 2.50 bits per heavy atom. The molecule has 0 radical (unpaired) electrons. The van der Waals surface area contributed by atoms with Crippen LogP contribution in [-0.2, 0) is 4.84 Å². The molecule has 0 aromatic heterocycles. The van der Waals surface area contributed by atoms with E-state index in [4.69, 9.17) is 11.6 Å². The number of halogens is 1. The van der Waals surface area contributed by atoms with E-state index in [1.165, 1.54) is 7.05 Å². The van der Waals surface area contributed by atoms with Crippen molar-refractivity contribution in [1.82, 2.24) is 5.32 Å². The van der Waals surface area contributed by atoms with Crippen molar-refractivity contribution in [2.75, 3.05) is 7.05 Å². The van der Waals surface area contributed by atoms with E-state index >= 15 is 0 Å². The lowest BCUT2D eigenvalue weighted by Gasteiger charge is -2.16. The number of carbonyl (C=O) groups excluding carboxylic acids is 1. The first-order valence-corrected chi connectivity index (χ1v) is 4.84. The summed E-state index contributed by atoms with van der Waals surface area (Å²) in [6.07, 6.45) is 0.896. The van der Waals surface area contributed by atoms with Crippen LogP contribution in [0.15, 0.2) is 5.16 Å². The van der Waals surface area contributed by atoms with Crippen molar-refractivity contribution in [2.24, 2.45) is 10.6 Å². The summed E-state index contributed by atoms with van der Waals surface area (Å²) in [5.74, 6) is 0. The zero-order valence-corrected chi connectivity index (χ0v) is 9.81. The van der Waals surface area contributed by atoms with E-state index in [9.17, 15) is 4.79 Å². The van der Waals surface area contributed by atoms with E-state index in [0.717, 1.165) is 6.42 Å². The molecule has 1 N–H and O–H groups in total. The van der Waals surface area contributed by atoms with E-state index in [1.54, 1.807) is 0 Å². The van der Waals surface area contributed by atoms with Gasteiger partial charge in [0.25, 0.3) is 0 Å². The first-order chi connectivity index (χ1) is 6.35. The molecule has 4 nitrogen and oxygen atoms in total. The quantitative estimate of drug-likeness (QED) is 0.452. The molecule has 0 aliphatic rings. The van der Waals surface area contributed by atoms with Crippen LogP contribution in [0.2, 0.25) is 0 Å². The van der Waals surface area contributed by atoms with Crippen LogP contribution in [0.25, 0.3) is 0 Å². The lowest BCUT2D eigenvalue weighted by molar-refractivity contribution is 0.153. The fourth-order valence-corrected chi connectivity index (χ4v) is 0.789. The van der Waals surface area contributed by atoms with E-state index < -0.39 is 6.09 Å². The molecule has 14 heavy (non-hydrogen) atoms. The number of oxime groups is 1. The van der Waals surface area contributed by atoms with Gasteiger partial charge < -0.3 is 5.32 Å². The van der Waals surface area contributed by atoms with Crippen molar-refractivity contribution >= 4 is 22.9 Å². The third-order valence-corrected chi connectivity index (χ3v) is 1.77. The van der Waals surface area contributed by atoms with Gasteiger partial charge in [-0.05, 0) is 11.8 Å². The molecule has 0 heterocycles. The Morgan fingerprint density at radius 1 is 1.50 bits per heavy atom. The number of hydrogen-bond donors (Lipinski definition) is 1. The number of carbonyl (C=O) groups is 1. The molecule has 0 aromatic rings.